The molecule has 4 aliphatic rings. The van der Waals surface area contributed by atoms with Gasteiger partial charge in [-0.15, -0.1) is 0 Å². The maximum Gasteiger partial charge on any atom is 0.282 e. The summed E-state index contributed by atoms with van der Waals surface area (Å²) in [6.07, 6.45) is 7.37. The molecule has 0 radical (unpaired) electrons. The number of amidine groups is 2. The van der Waals surface area contributed by atoms with Crippen LogP contribution in [0.25, 0.3) is 33.5 Å². The number of nitrogens with zero attached hydrogens (tertiary/aromatic N) is 3. The number of aliphatic imine (C=N–C) groups is 2. The Morgan fingerprint density at radius 1 is 0.595 bits per heavy atom. The molecule has 4 aromatic rings. The molecule has 0 saturated carbocycles. The van der Waals surface area contributed by atoms with Crippen LogP contribution in [0.2, 0.25) is 0 Å². The molecule has 7 nitrogen and oxygen atoms in total. The fourth-order valence-corrected chi connectivity index (χ4v) is 7.38. The fourth-order valence-electron chi connectivity index (χ4n) is 7.38. The molecule has 0 saturated heterocycles. The summed E-state index contributed by atoms with van der Waals surface area (Å²) in [4.78, 5) is 14.5. The summed E-state index contributed by atoms with van der Waals surface area (Å²) in [7, 11) is 0. The van der Waals surface area contributed by atoms with Gasteiger partial charge in [0.25, 0.3) is 12.0 Å². The first kappa shape index (κ1) is 25.1. The van der Waals surface area contributed by atoms with E-state index in [0.717, 1.165) is 49.8 Å². The first-order valence-electron chi connectivity index (χ1n) is 14.7. The SMILES string of the molecule is NC1=NC2(CCc3cccc(-c4ccc(-c5ccc(-c6ccccc6)c6c5CCC5(COC(N)=N5)C6)nc4)c3C2)CO1. The smallest absolute Gasteiger partial charge is 0.282 e. The van der Waals surface area contributed by atoms with Crippen molar-refractivity contribution in [2.24, 2.45) is 21.5 Å². The molecule has 3 heterocycles. The molecule has 2 aliphatic carbocycles. The number of hydrogen-bond donors (Lipinski definition) is 2. The number of aromatic nitrogens is 1. The van der Waals surface area contributed by atoms with Gasteiger partial charge in [-0.05, 0) is 70.7 Å². The number of ether oxygens (including phenoxy) is 2. The number of benzene rings is 3. The van der Waals surface area contributed by atoms with Gasteiger partial charge in [0.2, 0.25) is 0 Å². The van der Waals surface area contributed by atoms with Crippen LogP contribution in [0, 0.1) is 0 Å². The van der Waals surface area contributed by atoms with E-state index >= 15 is 0 Å². The van der Waals surface area contributed by atoms with Crippen molar-refractivity contribution in [1.29, 1.82) is 0 Å². The molecule has 42 heavy (non-hydrogen) atoms. The van der Waals surface area contributed by atoms with Crippen molar-refractivity contribution in [3.8, 4) is 33.5 Å². The molecule has 8 rings (SSSR count). The topological polar surface area (TPSA) is 108 Å². The Kier molecular flexibility index (Phi) is 5.64. The highest BCUT2D eigenvalue weighted by Gasteiger charge is 2.42. The van der Waals surface area contributed by atoms with Crippen LogP contribution < -0.4 is 11.5 Å². The number of fused-ring (bicyclic) bond motifs is 2. The van der Waals surface area contributed by atoms with E-state index < -0.39 is 0 Å². The van der Waals surface area contributed by atoms with Gasteiger partial charge < -0.3 is 20.9 Å². The molecule has 4 N–H and O–H groups in total. The molecule has 2 spiro atoms. The van der Waals surface area contributed by atoms with E-state index in [4.69, 9.17) is 35.9 Å². The molecular weight excluding hydrogens is 522 g/mol. The molecule has 7 heteroatoms. The van der Waals surface area contributed by atoms with Gasteiger partial charge in [-0.1, -0.05) is 66.7 Å². The summed E-state index contributed by atoms with van der Waals surface area (Å²) < 4.78 is 11.2. The van der Waals surface area contributed by atoms with Crippen molar-refractivity contribution in [2.45, 2.75) is 49.6 Å². The molecule has 3 aromatic carbocycles. The van der Waals surface area contributed by atoms with E-state index in [2.05, 4.69) is 72.8 Å². The van der Waals surface area contributed by atoms with Crippen molar-refractivity contribution in [2.75, 3.05) is 13.2 Å². The second-order valence-corrected chi connectivity index (χ2v) is 12.1. The minimum absolute atomic E-state index is 0.253. The normalized spacial score (nSPS) is 24.0. The van der Waals surface area contributed by atoms with Gasteiger partial charge in [-0.3, -0.25) is 4.98 Å². The summed E-state index contributed by atoms with van der Waals surface area (Å²) in [6, 6.07) is 26.6. The molecule has 2 aliphatic heterocycles. The third kappa shape index (κ3) is 4.14. The number of nitrogens with two attached hydrogens (primary N) is 2. The van der Waals surface area contributed by atoms with Crippen LogP contribution in [0.1, 0.15) is 35.1 Å². The maximum atomic E-state index is 5.97. The van der Waals surface area contributed by atoms with Crippen LogP contribution in [0.5, 0.6) is 0 Å². The predicted octanol–water partition coefficient (Wildman–Crippen LogP) is 5.23. The zero-order chi connectivity index (χ0) is 28.3. The predicted molar refractivity (Wildman–Crippen MR) is 165 cm³/mol. The fraction of sp³-hybridized carbons (Fsp3) is 0.286. The Morgan fingerprint density at radius 2 is 1.29 bits per heavy atom. The average molecular weight is 556 g/mol. The van der Waals surface area contributed by atoms with Gasteiger partial charge in [0.15, 0.2) is 0 Å². The van der Waals surface area contributed by atoms with Crippen LogP contribution in [0.4, 0.5) is 0 Å². The molecule has 210 valence electrons. The number of aryl methyl sites for hydroxylation is 1. The second kappa shape index (κ2) is 9.44. The van der Waals surface area contributed by atoms with Crippen LogP contribution in [-0.2, 0) is 35.2 Å². The van der Waals surface area contributed by atoms with Crippen molar-refractivity contribution >= 4 is 12.0 Å². The van der Waals surface area contributed by atoms with E-state index in [9.17, 15) is 0 Å². The summed E-state index contributed by atoms with van der Waals surface area (Å²) in [5, 5.41) is 0. The van der Waals surface area contributed by atoms with Crippen molar-refractivity contribution in [1.82, 2.24) is 4.98 Å². The molecule has 0 bridgehead atoms. The lowest BCUT2D eigenvalue weighted by Gasteiger charge is -2.33. The van der Waals surface area contributed by atoms with Crippen LogP contribution >= 0.6 is 0 Å². The van der Waals surface area contributed by atoms with Gasteiger partial charge in [-0.2, -0.15) is 0 Å². The Morgan fingerprint density at radius 3 is 1.98 bits per heavy atom. The third-order valence-corrected chi connectivity index (χ3v) is 9.52. The quantitative estimate of drug-likeness (QED) is 0.360. The van der Waals surface area contributed by atoms with Crippen molar-refractivity contribution < 1.29 is 9.47 Å². The highest BCUT2D eigenvalue weighted by molar-refractivity contribution is 5.80. The zero-order valence-corrected chi connectivity index (χ0v) is 23.5. The van der Waals surface area contributed by atoms with E-state index in [-0.39, 0.29) is 11.1 Å². The van der Waals surface area contributed by atoms with Gasteiger partial charge in [0, 0.05) is 30.2 Å². The molecule has 0 amide bonds. The summed E-state index contributed by atoms with van der Waals surface area (Å²) >= 11 is 0. The molecule has 1 aromatic heterocycles. The highest BCUT2D eigenvalue weighted by Crippen LogP contribution is 2.43. The average Bonchev–Trinajstić information content (AvgIpc) is 3.57. The van der Waals surface area contributed by atoms with Gasteiger partial charge in [-0.25, -0.2) is 9.98 Å². The Labute approximate surface area is 245 Å². The third-order valence-electron chi connectivity index (χ3n) is 9.52. The van der Waals surface area contributed by atoms with E-state index in [1.807, 2.05) is 6.20 Å². The Balaban J connectivity index is 1.17. The van der Waals surface area contributed by atoms with Crippen LogP contribution in [-0.4, -0.2) is 41.3 Å². The van der Waals surface area contributed by atoms with Crippen LogP contribution in [0.3, 0.4) is 0 Å². The Hall–Kier alpha value is -4.65. The zero-order valence-electron chi connectivity index (χ0n) is 23.5. The molecule has 0 fully saturated rings. The van der Waals surface area contributed by atoms with Gasteiger partial charge >= 0.3 is 0 Å². The lowest BCUT2D eigenvalue weighted by Crippen LogP contribution is -2.36. The van der Waals surface area contributed by atoms with Gasteiger partial charge in [0.05, 0.1) is 5.69 Å². The van der Waals surface area contributed by atoms with Crippen molar-refractivity contribution in [3.63, 3.8) is 0 Å². The minimum Gasteiger partial charge on any atom is -0.463 e. The number of rotatable bonds is 3. The largest absolute Gasteiger partial charge is 0.463 e. The lowest BCUT2D eigenvalue weighted by atomic mass is 9.74. The molecule has 2 atom stereocenters. The number of pyridine rings is 1. The summed E-state index contributed by atoms with van der Waals surface area (Å²) in [5.74, 6) is 0. The monoisotopic (exact) mass is 555 g/mol. The standard InChI is InChI=1S/C35H33N5O2/c36-32-39-34(20-41-32)15-13-23-7-4-8-25(29(23)17-34)24-9-12-31(38-19-24)28-11-10-26(22-5-2-1-3-6-22)30-18-35(16-14-27(28)30)21-42-33(37)40-35/h1-12,19H,13-18,20-21H2,(H2,36,39)(H2,37,40). The first-order chi connectivity index (χ1) is 20.5. The highest BCUT2D eigenvalue weighted by atomic mass is 16.5. The lowest BCUT2D eigenvalue weighted by molar-refractivity contribution is 0.235. The maximum absolute atomic E-state index is 5.97. The van der Waals surface area contributed by atoms with Crippen LogP contribution in [0.15, 0.2) is 89.0 Å². The summed E-state index contributed by atoms with van der Waals surface area (Å²) in [5.41, 5.74) is 23.7. The summed E-state index contributed by atoms with van der Waals surface area (Å²) in [6.45, 7) is 1.09. The van der Waals surface area contributed by atoms with Gasteiger partial charge in [0.1, 0.15) is 24.3 Å². The van der Waals surface area contributed by atoms with E-state index in [0.29, 0.717) is 25.3 Å². The number of hydrogen-bond acceptors (Lipinski definition) is 7. The minimum atomic E-state index is -0.292. The Bertz CT molecular complexity index is 1760. The molecule has 2 unspecified atom stereocenters. The second-order valence-electron chi connectivity index (χ2n) is 12.1. The van der Waals surface area contributed by atoms with Crippen molar-refractivity contribution in [3.05, 3.63) is 101 Å². The first-order valence-corrected chi connectivity index (χ1v) is 14.7. The van der Waals surface area contributed by atoms with E-state index in [1.54, 1.807) is 0 Å². The van der Waals surface area contributed by atoms with E-state index in [1.165, 1.54) is 44.5 Å². The molecular formula is C35H33N5O2.